The molecule has 0 bridgehead atoms. The molecule has 5 rings (SSSR count). The maximum atomic E-state index is 12.9. The van der Waals surface area contributed by atoms with Crippen molar-refractivity contribution < 1.29 is 9.21 Å². The maximum absolute atomic E-state index is 12.9. The number of carbonyl (C=O) groups excluding carboxylic acids is 1. The van der Waals surface area contributed by atoms with Gasteiger partial charge < -0.3 is 14.2 Å². The zero-order chi connectivity index (χ0) is 20.0. The van der Waals surface area contributed by atoms with Crippen molar-refractivity contribution in [3.05, 3.63) is 52.6 Å². The van der Waals surface area contributed by atoms with Crippen LogP contribution in [0.3, 0.4) is 0 Å². The lowest BCUT2D eigenvalue weighted by molar-refractivity contribution is 0.0742. The summed E-state index contributed by atoms with van der Waals surface area (Å²) >= 11 is 0. The van der Waals surface area contributed by atoms with E-state index in [-0.39, 0.29) is 11.5 Å². The lowest BCUT2D eigenvalue weighted by Crippen LogP contribution is -2.49. The van der Waals surface area contributed by atoms with Crippen molar-refractivity contribution in [2.75, 3.05) is 31.1 Å². The van der Waals surface area contributed by atoms with E-state index in [0.717, 1.165) is 5.39 Å². The highest BCUT2D eigenvalue weighted by atomic mass is 16.4. The summed E-state index contributed by atoms with van der Waals surface area (Å²) in [5.41, 5.74) is 1.19. The molecule has 1 fully saturated rings. The molecule has 0 radical (unpaired) electrons. The smallest absolute Gasteiger partial charge is 0.349 e. The molecule has 1 saturated heterocycles. The number of anilines is 1. The number of hydrogen-bond donors (Lipinski definition) is 0. The first-order valence-electron chi connectivity index (χ1n) is 9.19. The molecule has 0 saturated carbocycles. The molecule has 29 heavy (non-hydrogen) atoms. The highest BCUT2D eigenvalue weighted by molar-refractivity contribution is 5.96. The van der Waals surface area contributed by atoms with Crippen molar-refractivity contribution in [1.82, 2.24) is 29.9 Å². The highest BCUT2D eigenvalue weighted by Crippen LogP contribution is 2.22. The fraction of sp³-hybridized carbons (Fsp3) is 0.263. The molecule has 0 N–H and O–H groups in total. The van der Waals surface area contributed by atoms with Crippen LogP contribution < -0.4 is 10.5 Å². The normalized spacial score (nSPS) is 14.7. The van der Waals surface area contributed by atoms with Gasteiger partial charge in [-0.1, -0.05) is 23.4 Å². The monoisotopic (exact) mass is 391 g/mol. The van der Waals surface area contributed by atoms with Gasteiger partial charge in [0.2, 0.25) is 0 Å². The standard InChI is InChI=1S/C19H17N7O3/c1-24-16-15(22-23-24)17(21-11-20-16)25-6-8-26(9-7-25)18(27)13-10-12-4-2-3-5-14(12)29-19(13)28/h2-5,10-11H,6-9H2,1H3. The zero-order valence-corrected chi connectivity index (χ0v) is 15.6. The molecular weight excluding hydrogens is 374 g/mol. The largest absolute Gasteiger partial charge is 0.422 e. The van der Waals surface area contributed by atoms with E-state index in [1.807, 2.05) is 17.0 Å². The van der Waals surface area contributed by atoms with Crippen LogP contribution >= 0.6 is 0 Å². The Labute approximate surface area is 164 Å². The van der Waals surface area contributed by atoms with Crippen molar-refractivity contribution in [3.8, 4) is 0 Å². The summed E-state index contributed by atoms with van der Waals surface area (Å²) in [7, 11) is 1.78. The molecule has 1 amide bonds. The number of amides is 1. The Morgan fingerprint density at radius 3 is 2.72 bits per heavy atom. The maximum Gasteiger partial charge on any atom is 0.349 e. The Kier molecular flexibility index (Phi) is 3.97. The fourth-order valence-corrected chi connectivity index (χ4v) is 3.58. The first-order valence-corrected chi connectivity index (χ1v) is 9.19. The van der Waals surface area contributed by atoms with Gasteiger partial charge >= 0.3 is 5.63 Å². The molecule has 3 aromatic heterocycles. The molecule has 4 aromatic rings. The van der Waals surface area contributed by atoms with Crippen molar-refractivity contribution >= 4 is 33.9 Å². The summed E-state index contributed by atoms with van der Waals surface area (Å²) in [6.07, 6.45) is 1.48. The van der Waals surface area contributed by atoms with Crippen LogP contribution in [0.4, 0.5) is 5.82 Å². The number of aromatic nitrogens is 5. The van der Waals surface area contributed by atoms with E-state index in [9.17, 15) is 9.59 Å². The summed E-state index contributed by atoms with van der Waals surface area (Å²) in [4.78, 5) is 37.5. The average molecular weight is 391 g/mol. The summed E-state index contributed by atoms with van der Waals surface area (Å²) in [6.45, 7) is 2.04. The predicted molar refractivity (Wildman–Crippen MR) is 105 cm³/mol. The van der Waals surface area contributed by atoms with E-state index in [2.05, 4.69) is 20.3 Å². The van der Waals surface area contributed by atoms with Crippen LogP contribution in [0, 0.1) is 0 Å². The van der Waals surface area contributed by atoms with E-state index in [0.29, 0.717) is 48.7 Å². The topological polar surface area (TPSA) is 110 Å². The van der Waals surface area contributed by atoms with Crippen LogP contribution in [0.2, 0.25) is 0 Å². The number of benzene rings is 1. The van der Waals surface area contributed by atoms with Crippen LogP contribution in [0.1, 0.15) is 10.4 Å². The Morgan fingerprint density at radius 2 is 1.90 bits per heavy atom. The summed E-state index contributed by atoms with van der Waals surface area (Å²) in [5, 5.41) is 8.87. The molecule has 1 aliphatic rings. The van der Waals surface area contributed by atoms with Gasteiger partial charge in [-0.25, -0.2) is 19.4 Å². The van der Waals surface area contributed by atoms with Gasteiger partial charge in [0.25, 0.3) is 5.91 Å². The van der Waals surface area contributed by atoms with Gasteiger partial charge in [-0.05, 0) is 12.1 Å². The predicted octanol–water partition coefficient (Wildman–Crippen LogP) is 0.827. The highest BCUT2D eigenvalue weighted by Gasteiger charge is 2.27. The molecule has 146 valence electrons. The lowest BCUT2D eigenvalue weighted by Gasteiger charge is -2.35. The van der Waals surface area contributed by atoms with Gasteiger partial charge in [-0.15, -0.1) is 5.10 Å². The van der Waals surface area contributed by atoms with E-state index in [1.54, 1.807) is 34.8 Å². The van der Waals surface area contributed by atoms with Gasteiger partial charge in [0.1, 0.15) is 17.5 Å². The molecular formula is C19H17N7O3. The number of piperazine rings is 1. The van der Waals surface area contributed by atoms with Crippen LogP contribution in [0.5, 0.6) is 0 Å². The fourth-order valence-electron chi connectivity index (χ4n) is 3.58. The van der Waals surface area contributed by atoms with Gasteiger partial charge in [0.05, 0.1) is 0 Å². The number of carbonyl (C=O) groups is 1. The Hall–Kier alpha value is -3.82. The SMILES string of the molecule is Cn1nnc2c(N3CCN(C(=O)c4cc5ccccc5oc4=O)CC3)ncnc21. The second-order valence-corrected chi connectivity index (χ2v) is 6.85. The van der Waals surface area contributed by atoms with Crippen LogP contribution in [0.15, 0.2) is 45.9 Å². The minimum atomic E-state index is -0.617. The Morgan fingerprint density at radius 1 is 1.10 bits per heavy atom. The molecule has 1 aliphatic heterocycles. The molecule has 0 spiro atoms. The van der Waals surface area contributed by atoms with Crippen molar-refractivity contribution in [2.24, 2.45) is 7.05 Å². The molecule has 0 unspecified atom stereocenters. The first kappa shape index (κ1) is 17.3. The average Bonchev–Trinajstić information content (AvgIpc) is 3.14. The van der Waals surface area contributed by atoms with Gasteiger partial charge in [-0.3, -0.25) is 4.79 Å². The van der Waals surface area contributed by atoms with E-state index >= 15 is 0 Å². The summed E-state index contributed by atoms with van der Waals surface area (Å²) in [6, 6.07) is 8.74. The molecule has 0 aliphatic carbocycles. The second kappa shape index (κ2) is 6.66. The lowest BCUT2D eigenvalue weighted by atomic mass is 10.1. The van der Waals surface area contributed by atoms with Gasteiger partial charge in [-0.2, -0.15) is 0 Å². The van der Waals surface area contributed by atoms with Crippen LogP contribution in [-0.4, -0.2) is 61.9 Å². The van der Waals surface area contributed by atoms with Crippen LogP contribution in [0.25, 0.3) is 22.1 Å². The molecule has 10 nitrogen and oxygen atoms in total. The number of rotatable bonds is 2. The third-order valence-electron chi connectivity index (χ3n) is 5.11. The molecule has 1 aromatic carbocycles. The third-order valence-corrected chi connectivity index (χ3v) is 5.11. The van der Waals surface area contributed by atoms with E-state index in [4.69, 9.17) is 4.42 Å². The Balaban J connectivity index is 1.37. The zero-order valence-electron chi connectivity index (χ0n) is 15.6. The second-order valence-electron chi connectivity index (χ2n) is 6.85. The molecule has 10 heteroatoms. The van der Waals surface area contributed by atoms with Crippen molar-refractivity contribution in [3.63, 3.8) is 0 Å². The Bertz CT molecular complexity index is 1290. The third kappa shape index (κ3) is 2.89. The minimum Gasteiger partial charge on any atom is -0.422 e. The van der Waals surface area contributed by atoms with Gasteiger partial charge in [0.15, 0.2) is 17.0 Å². The molecule has 4 heterocycles. The van der Waals surface area contributed by atoms with E-state index < -0.39 is 5.63 Å². The number of aryl methyl sites for hydroxylation is 1. The summed E-state index contributed by atoms with van der Waals surface area (Å²) in [5.74, 6) is 0.372. The number of para-hydroxylation sites is 1. The minimum absolute atomic E-state index is 0.0514. The van der Waals surface area contributed by atoms with Crippen LogP contribution in [-0.2, 0) is 7.05 Å². The van der Waals surface area contributed by atoms with E-state index in [1.165, 1.54) is 6.33 Å². The van der Waals surface area contributed by atoms with Crippen molar-refractivity contribution in [1.29, 1.82) is 0 Å². The quantitative estimate of drug-likeness (QED) is 0.462. The molecule has 0 atom stereocenters. The number of hydrogen-bond acceptors (Lipinski definition) is 8. The first-order chi connectivity index (χ1) is 14.1. The number of nitrogens with zero attached hydrogens (tertiary/aromatic N) is 7. The van der Waals surface area contributed by atoms with Crippen molar-refractivity contribution in [2.45, 2.75) is 0 Å². The number of fused-ring (bicyclic) bond motifs is 2. The summed E-state index contributed by atoms with van der Waals surface area (Å²) < 4.78 is 6.89. The van der Waals surface area contributed by atoms with Gasteiger partial charge in [0, 0.05) is 38.6 Å².